The molecular weight excluding hydrogens is 445 g/mol. The van der Waals surface area contributed by atoms with Crippen molar-refractivity contribution >= 4 is 39.1 Å². The number of hydrogen-bond acceptors (Lipinski definition) is 4. The molecule has 160 valence electrons. The molecule has 1 saturated carbocycles. The van der Waals surface area contributed by atoms with Crippen LogP contribution in [0.2, 0.25) is 10.0 Å². The third-order valence-electron chi connectivity index (χ3n) is 5.44. The molecule has 2 aromatic rings. The second-order valence-electron chi connectivity index (χ2n) is 7.61. The van der Waals surface area contributed by atoms with Crippen LogP contribution in [-0.2, 0) is 14.8 Å². The van der Waals surface area contributed by atoms with E-state index < -0.39 is 16.1 Å². The number of halogens is 2. The van der Waals surface area contributed by atoms with Crippen LogP contribution < -0.4 is 5.32 Å². The van der Waals surface area contributed by atoms with Gasteiger partial charge in [0.1, 0.15) is 10.9 Å². The Morgan fingerprint density at radius 2 is 1.67 bits per heavy atom. The zero-order valence-electron chi connectivity index (χ0n) is 16.3. The molecule has 6 nitrogen and oxygen atoms in total. The van der Waals surface area contributed by atoms with Crippen LogP contribution in [0.4, 0.5) is 0 Å². The summed E-state index contributed by atoms with van der Waals surface area (Å²) in [6.45, 7) is 1.42. The summed E-state index contributed by atoms with van der Waals surface area (Å²) in [6, 6.07) is 13.9. The zero-order chi connectivity index (χ0) is 21.3. The van der Waals surface area contributed by atoms with Crippen LogP contribution in [0, 0.1) is 0 Å². The van der Waals surface area contributed by atoms with E-state index >= 15 is 0 Å². The van der Waals surface area contributed by atoms with E-state index in [1.54, 1.807) is 6.07 Å². The van der Waals surface area contributed by atoms with Crippen molar-refractivity contribution in [3.8, 4) is 0 Å². The summed E-state index contributed by atoms with van der Waals surface area (Å²) in [5.74, 6) is -0.0297. The lowest BCUT2D eigenvalue weighted by Crippen LogP contribution is -2.52. The number of carbonyl (C=O) groups is 1. The first-order chi connectivity index (χ1) is 14.4. The van der Waals surface area contributed by atoms with Crippen LogP contribution in [0.25, 0.3) is 0 Å². The van der Waals surface area contributed by atoms with Crippen LogP contribution >= 0.6 is 23.2 Å². The highest BCUT2D eigenvalue weighted by Crippen LogP contribution is 2.30. The molecule has 30 heavy (non-hydrogen) atoms. The van der Waals surface area contributed by atoms with Gasteiger partial charge in [0.2, 0.25) is 15.9 Å². The summed E-state index contributed by atoms with van der Waals surface area (Å²) in [5.41, 5.74) is 0.907. The number of sulfonamides is 1. The topological polar surface area (TPSA) is 69.7 Å². The first kappa shape index (κ1) is 21.6. The van der Waals surface area contributed by atoms with Crippen LogP contribution in [-0.4, -0.2) is 55.8 Å². The molecule has 2 aromatic carbocycles. The minimum atomic E-state index is -3.77. The molecule has 2 aliphatic rings. The van der Waals surface area contributed by atoms with Crippen LogP contribution in [0.5, 0.6) is 0 Å². The Morgan fingerprint density at radius 3 is 2.30 bits per heavy atom. The second kappa shape index (κ2) is 8.85. The average molecular weight is 468 g/mol. The molecule has 1 aliphatic heterocycles. The van der Waals surface area contributed by atoms with Gasteiger partial charge in [-0.3, -0.25) is 9.69 Å². The lowest BCUT2D eigenvalue weighted by molar-refractivity contribution is -0.127. The van der Waals surface area contributed by atoms with Gasteiger partial charge in [0.25, 0.3) is 0 Å². The molecule has 1 amide bonds. The van der Waals surface area contributed by atoms with E-state index in [4.69, 9.17) is 23.2 Å². The van der Waals surface area contributed by atoms with E-state index in [2.05, 4.69) is 5.32 Å². The third-order valence-corrected chi connectivity index (χ3v) is 8.05. The smallest absolute Gasteiger partial charge is 0.244 e. The van der Waals surface area contributed by atoms with Crippen molar-refractivity contribution in [1.82, 2.24) is 14.5 Å². The molecule has 1 N–H and O–H groups in total. The standard InChI is InChI=1S/C21H23Cl2N3O3S/c22-16-6-9-18(23)19(14-16)30(28,29)26-12-10-25(11-13-26)20(15-4-2-1-3-5-15)21(27)24-17-7-8-17/h1-6,9,14,17,20H,7-8,10-13H2,(H,24,27)/t20-/m1/s1. The number of benzene rings is 2. The quantitative estimate of drug-likeness (QED) is 0.707. The predicted molar refractivity (Wildman–Crippen MR) is 117 cm³/mol. The molecule has 1 aliphatic carbocycles. The Bertz CT molecular complexity index is 1020. The second-order valence-corrected chi connectivity index (χ2v) is 10.4. The van der Waals surface area contributed by atoms with Gasteiger partial charge in [0.15, 0.2) is 0 Å². The van der Waals surface area contributed by atoms with E-state index in [0.717, 1.165) is 18.4 Å². The molecule has 0 bridgehead atoms. The number of piperazine rings is 1. The molecule has 1 heterocycles. The Balaban J connectivity index is 1.51. The van der Waals surface area contributed by atoms with Gasteiger partial charge in [-0.15, -0.1) is 0 Å². The summed E-state index contributed by atoms with van der Waals surface area (Å²) >= 11 is 12.1. The van der Waals surface area contributed by atoms with Gasteiger partial charge in [-0.05, 0) is 36.6 Å². The lowest BCUT2D eigenvalue weighted by atomic mass is 10.0. The minimum Gasteiger partial charge on any atom is -0.352 e. The molecule has 0 aromatic heterocycles. The van der Waals surface area contributed by atoms with Gasteiger partial charge in [-0.1, -0.05) is 53.5 Å². The molecule has 0 radical (unpaired) electrons. The highest BCUT2D eigenvalue weighted by Gasteiger charge is 2.36. The number of amides is 1. The van der Waals surface area contributed by atoms with E-state index in [9.17, 15) is 13.2 Å². The summed E-state index contributed by atoms with van der Waals surface area (Å²) < 4.78 is 27.6. The van der Waals surface area contributed by atoms with Gasteiger partial charge in [-0.2, -0.15) is 4.31 Å². The fourth-order valence-electron chi connectivity index (χ4n) is 3.69. The van der Waals surface area contributed by atoms with Crippen LogP contribution in [0.3, 0.4) is 0 Å². The SMILES string of the molecule is O=C(NC1CC1)[C@@H](c1ccccc1)N1CCN(S(=O)(=O)c2cc(Cl)ccc2Cl)CC1. The molecule has 1 atom stereocenters. The predicted octanol–water partition coefficient (Wildman–Crippen LogP) is 3.32. The number of hydrogen-bond donors (Lipinski definition) is 1. The van der Waals surface area contributed by atoms with E-state index in [-0.39, 0.29) is 35.0 Å². The van der Waals surface area contributed by atoms with Crippen LogP contribution in [0.1, 0.15) is 24.4 Å². The first-order valence-corrected chi connectivity index (χ1v) is 12.1. The number of rotatable bonds is 6. The summed E-state index contributed by atoms with van der Waals surface area (Å²) in [7, 11) is -3.77. The van der Waals surface area contributed by atoms with Crippen molar-refractivity contribution in [3.05, 3.63) is 64.1 Å². The first-order valence-electron chi connectivity index (χ1n) is 9.91. The lowest BCUT2D eigenvalue weighted by Gasteiger charge is -2.38. The summed E-state index contributed by atoms with van der Waals surface area (Å²) in [6.07, 6.45) is 2.03. The van der Waals surface area contributed by atoms with E-state index in [1.165, 1.54) is 16.4 Å². The molecule has 0 unspecified atom stereocenters. The van der Waals surface area contributed by atoms with Crippen molar-refractivity contribution in [2.45, 2.75) is 29.8 Å². The summed E-state index contributed by atoms with van der Waals surface area (Å²) in [5, 5.41) is 3.55. The largest absolute Gasteiger partial charge is 0.352 e. The van der Waals surface area contributed by atoms with E-state index in [0.29, 0.717) is 18.1 Å². The van der Waals surface area contributed by atoms with Gasteiger partial charge in [0.05, 0.1) is 5.02 Å². The van der Waals surface area contributed by atoms with Gasteiger partial charge < -0.3 is 5.32 Å². The number of nitrogens with zero attached hydrogens (tertiary/aromatic N) is 2. The van der Waals surface area contributed by atoms with Crippen LogP contribution in [0.15, 0.2) is 53.4 Å². The van der Waals surface area contributed by atoms with Crippen molar-refractivity contribution in [2.75, 3.05) is 26.2 Å². The van der Waals surface area contributed by atoms with E-state index in [1.807, 2.05) is 35.2 Å². The van der Waals surface area contributed by atoms with Crippen molar-refractivity contribution in [1.29, 1.82) is 0 Å². The minimum absolute atomic E-state index is 0.0104. The van der Waals surface area contributed by atoms with Gasteiger partial charge >= 0.3 is 0 Å². The fourth-order valence-corrected chi connectivity index (χ4v) is 5.85. The third kappa shape index (κ3) is 4.65. The number of nitrogens with one attached hydrogen (secondary N) is 1. The monoisotopic (exact) mass is 467 g/mol. The maximum Gasteiger partial charge on any atom is 0.244 e. The van der Waals surface area contributed by atoms with Crippen molar-refractivity contribution in [2.24, 2.45) is 0 Å². The van der Waals surface area contributed by atoms with Gasteiger partial charge in [0, 0.05) is 37.2 Å². The maximum absolute atomic E-state index is 13.1. The van der Waals surface area contributed by atoms with Crippen molar-refractivity contribution in [3.63, 3.8) is 0 Å². The normalized spacial score (nSPS) is 19.4. The van der Waals surface area contributed by atoms with Gasteiger partial charge in [-0.25, -0.2) is 8.42 Å². The Labute approximate surface area is 186 Å². The Kier molecular flexibility index (Phi) is 6.36. The Morgan fingerprint density at radius 1 is 1.00 bits per heavy atom. The average Bonchev–Trinajstić information content (AvgIpc) is 3.55. The number of carbonyl (C=O) groups excluding carboxylic acids is 1. The zero-order valence-corrected chi connectivity index (χ0v) is 18.6. The highest BCUT2D eigenvalue weighted by molar-refractivity contribution is 7.89. The maximum atomic E-state index is 13.1. The molecule has 1 saturated heterocycles. The summed E-state index contributed by atoms with van der Waals surface area (Å²) in [4.78, 5) is 15.0. The van der Waals surface area contributed by atoms with Crippen molar-refractivity contribution < 1.29 is 13.2 Å². The molecule has 4 rings (SSSR count). The molecule has 2 fully saturated rings. The highest BCUT2D eigenvalue weighted by atomic mass is 35.5. The Hall–Kier alpha value is -1.64. The fraction of sp³-hybridized carbons (Fsp3) is 0.381. The molecular formula is C21H23Cl2N3O3S. The molecule has 0 spiro atoms. The molecule has 9 heteroatoms.